The molecule has 1 saturated heterocycles. The van der Waals surface area contributed by atoms with Crippen molar-refractivity contribution in [2.45, 2.75) is 19.8 Å². The molecule has 150 valence electrons. The second-order valence-electron chi connectivity index (χ2n) is 7.09. The summed E-state index contributed by atoms with van der Waals surface area (Å²) >= 11 is 1.43. The molecule has 0 bridgehead atoms. The van der Waals surface area contributed by atoms with Crippen molar-refractivity contribution >= 4 is 29.3 Å². The molecule has 6 nitrogen and oxygen atoms in total. The van der Waals surface area contributed by atoms with Crippen LogP contribution in [-0.4, -0.2) is 47.4 Å². The van der Waals surface area contributed by atoms with E-state index in [-0.39, 0.29) is 0 Å². The van der Waals surface area contributed by atoms with E-state index in [1.165, 1.54) is 37.3 Å². The van der Waals surface area contributed by atoms with Gasteiger partial charge in [0.25, 0.3) is 0 Å². The number of ether oxygens (including phenoxy) is 1. The Labute approximate surface area is 174 Å². The van der Waals surface area contributed by atoms with Gasteiger partial charge in [0.05, 0.1) is 15.4 Å². The molecule has 1 N–H and O–H groups in total. The summed E-state index contributed by atoms with van der Waals surface area (Å²) in [5.74, 6) is 1.38. The van der Waals surface area contributed by atoms with Crippen LogP contribution in [0.4, 0.5) is 11.6 Å². The maximum absolute atomic E-state index is 11.0. The third-order valence-corrected chi connectivity index (χ3v) is 5.95. The van der Waals surface area contributed by atoms with E-state index < -0.39 is 0 Å². The van der Waals surface area contributed by atoms with E-state index in [4.69, 9.17) is 4.74 Å². The fraction of sp³-hybridized carbons (Fsp3) is 0.318. The number of anilines is 2. The van der Waals surface area contributed by atoms with Gasteiger partial charge >= 0.3 is 0 Å². The van der Waals surface area contributed by atoms with Crippen LogP contribution >= 0.6 is 11.3 Å². The van der Waals surface area contributed by atoms with Gasteiger partial charge in [0.15, 0.2) is 6.29 Å². The lowest BCUT2D eigenvalue weighted by molar-refractivity contribution is 0.112. The number of aldehydes is 1. The molecule has 0 amide bonds. The molecule has 1 aliphatic rings. The number of nitrogens with zero attached hydrogens (tertiary/aromatic N) is 3. The summed E-state index contributed by atoms with van der Waals surface area (Å²) in [4.78, 5) is 24.1. The topological polar surface area (TPSA) is 67.4 Å². The first-order valence-corrected chi connectivity index (χ1v) is 10.6. The standard InChI is InChI=1S/C22H24N4O2S/c1-16-14-23-22(25-21(16)20-9-8-19(15-27)29-20)24-17-4-6-18(7-5-17)28-13-12-26-10-2-3-11-26/h4-9,14-15H,2-3,10-13H2,1H3,(H,23,24,25). The highest BCUT2D eigenvalue weighted by atomic mass is 32.1. The minimum absolute atomic E-state index is 0.523. The van der Waals surface area contributed by atoms with Gasteiger partial charge in [-0.15, -0.1) is 11.3 Å². The highest BCUT2D eigenvalue weighted by molar-refractivity contribution is 7.17. The van der Waals surface area contributed by atoms with Gasteiger partial charge in [-0.2, -0.15) is 0 Å². The highest BCUT2D eigenvalue weighted by Gasteiger charge is 2.11. The fourth-order valence-electron chi connectivity index (χ4n) is 3.36. The Kier molecular flexibility index (Phi) is 6.17. The Morgan fingerprint density at radius 3 is 2.69 bits per heavy atom. The van der Waals surface area contributed by atoms with Crippen LogP contribution in [0.2, 0.25) is 0 Å². The van der Waals surface area contributed by atoms with Crippen LogP contribution in [-0.2, 0) is 0 Å². The smallest absolute Gasteiger partial charge is 0.227 e. The van der Waals surface area contributed by atoms with E-state index in [0.29, 0.717) is 17.4 Å². The molecule has 0 spiro atoms. The second-order valence-corrected chi connectivity index (χ2v) is 8.21. The molecule has 0 saturated carbocycles. The minimum Gasteiger partial charge on any atom is -0.492 e. The third-order valence-electron chi connectivity index (χ3n) is 4.93. The number of hydrogen-bond acceptors (Lipinski definition) is 7. The van der Waals surface area contributed by atoms with Crippen LogP contribution in [0, 0.1) is 6.92 Å². The van der Waals surface area contributed by atoms with Crippen molar-refractivity contribution in [2.75, 3.05) is 31.6 Å². The Bertz CT molecular complexity index is 965. The second kappa shape index (κ2) is 9.15. The number of benzene rings is 1. The third kappa shape index (κ3) is 4.99. The number of aryl methyl sites for hydroxylation is 1. The summed E-state index contributed by atoms with van der Waals surface area (Å²) in [5, 5.41) is 3.24. The highest BCUT2D eigenvalue weighted by Crippen LogP contribution is 2.29. The fourth-order valence-corrected chi connectivity index (χ4v) is 4.24. The normalized spacial score (nSPS) is 14.1. The molecule has 7 heteroatoms. The van der Waals surface area contributed by atoms with Crippen LogP contribution in [0.3, 0.4) is 0 Å². The van der Waals surface area contributed by atoms with Crippen molar-refractivity contribution < 1.29 is 9.53 Å². The minimum atomic E-state index is 0.523. The first kappa shape index (κ1) is 19.5. The van der Waals surface area contributed by atoms with E-state index in [0.717, 1.165) is 40.4 Å². The van der Waals surface area contributed by atoms with Crippen molar-refractivity contribution in [3.63, 3.8) is 0 Å². The number of carbonyl (C=O) groups excluding carboxylic acids is 1. The van der Waals surface area contributed by atoms with E-state index in [1.807, 2.05) is 43.3 Å². The monoisotopic (exact) mass is 408 g/mol. The Balaban J connectivity index is 1.38. The number of carbonyl (C=O) groups is 1. The predicted molar refractivity (Wildman–Crippen MR) is 116 cm³/mol. The van der Waals surface area contributed by atoms with Crippen LogP contribution in [0.5, 0.6) is 5.75 Å². The van der Waals surface area contributed by atoms with Gasteiger partial charge in [-0.1, -0.05) is 0 Å². The number of rotatable bonds is 8. The largest absolute Gasteiger partial charge is 0.492 e. The van der Waals surface area contributed by atoms with Crippen molar-refractivity contribution in [3.8, 4) is 16.3 Å². The van der Waals surface area contributed by atoms with Gasteiger partial charge in [-0.3, -0.25) is 9.69 Å². The maximum atomic E-state index is 11.0. The van der Waals surface area contributed by atoms with Crippen molar-refractivity contribution in [2.24, 2.45) is 0 Å². The lowest BCUT2D eigenvalue weighted by Gasteiger charge is -2.15. The Morgan fingerprint density at radius 2 is 1.97 bits per heavy atom. The van der Waals surface area contributed by atoms with Crippen LogP contribution in [0.25, 0.3) is 10.6 Å². The molecule has 1 fully saturated rings. The van der Waals surface area contributed by atoms with Crippen LogP contribution in [0.1, 0.15) is 28.1 Å². The Morgan fingerprint density at radius 1 is 1.17 bits per heavy atom. The number of hydrogen-bond donors (Lipinski definition) is 1. The number of likely N-dealkylation sites (tertiary alicyclic amines) is 1. The molecule has 1 aromatic carbocycles. The van der Waals surface area contributed by atoms with Crippen molar-refractivity contribution in [1.29, 1.82) is 0 Å². The van der Waals surface area contributed by atoms with Crippen LogP contribution in [0.15, 0.2) is 42.6 Å². The molecule has 0 unspecified atom stereocenters. The molecular formula is C22H24N4O2S. The molecule has 0 atom stereocenters. The van der Waals surface area contributed by atoms with Crippen molar-refractivity contribution in [3.05, 3.63) is 53.0 Å². The van der Waals surface area contributed by atoms with E-state index >= 15 is 0 Å². The lowest BCUT2D eigenvalue weighted by atomic mass is 10.2. The molecule has 3 heterocycles. The van der Waals surface area contributed by atoms with Gasteiger partial charge in [0.2, 0.25) is 5.95 Å². The van der Waals surface area contributed by atoms with Gasteiger partial charge in [-0.25, -0.2) is 9.97 Å². The molecule has 0 radical (unpaired) electrons. The molecule has 4 rings (SSSR count). The SMILES string of the molecule is Cc1cnc(Nc2ccc(OCCN3CCCC3)cc2)nc1-c1ccc(C=O)s1. The summed E-state index contributed by atoms with van der Waals surface area (Å²) in [6.07, 6.45) is 5.25. The summed E-state index contributed by atoms with van der Waals surface area (Å²) in [6.45, 7) is 6.03. The predicted octanol–water partition coefficient (Wildman–Crippen LogP) is 4.54. The molecule has 0 aliphatic carbocycles. The van der Waals surface area contributed by atoms with Gasteiger partial charge in [0, 0.05) is 18.4 Å². The molecule has 29 heavy (non-hydrogen) atoms. The summed E-state index contributed by atoms with van der Waals surface area (Å²) in [6, 6.07) is 11.6. The van der Waals surface area contributed by atoms with E-state index in [1.54, 1.807) is 6.20 Å². The summed E-state index contributed by atoms with van der Waals surface area (Å²) in [5.41, 5.74) is 2.70. The Hall–Kier alpha value is -2.77. The molecule has 1 aliphatic heterocycles. The quantitative estimate of drug-likeness (QED) is 0.552. The zero-order valence-corrected chi connectivity index (χ0v) is 17.2. The zero-order valence-electron chi connectivity index (χ0n) is 16.4. The first-order valence-electron chi connectivity index (χ1n) is 9.82. The average molecular weight is 409 g/mol. The van der Waals surface area contributed by atoms with Crippen LogP contribution < -0.4 is 10.1 Å². The molecule has 2 aromatic heterocycles. The number of aromatic nitrogens is 2. The van der Waals surface area contributed by atoms with Gasteiger partial charge in [-0.05, 0) is 74.8 Å². The van der Waals surface area contributed by atoms with Gasteiger partial charge in [0.1, 0.15) is 12.4 Å². The number of thiophene rings is 1. The molecular weight excluding hydrogens is 384 g/mol. The average Bonchev–Trinajstić information content (AvgIpc) is 3.43. The first-order chi connectivity index (χ1) is 14.2. The number of nitrogens with one attached hydrogen (secondary N) is 1. The summed E-state index contributed by atoms with van der Waals surface area (Å²) in [7, 11) is 0. The zero-order chi connectivity index (χ0) is 20.1. The van der Waals surface area contributed by atoms with E-state index in [2.05, 4.69) is 20.2 Å². The van der Waals surface area contributed by atoms with Gasteiger partial charge < -0.3 is 10.1 Å². The lowest BCUT2D eigenvalue weighted by Crippen LogP contribution is -2.25. The maximum Gasteiger partial charge on any atom is 0.227 e. The van der Waals surface area contributed by atoms with Crippen molar-refractivity contribution in [1.82, 2.24) is 14.9 Å². The van der Waals surface area contributed by atoms with E-state index in [9.17, 15) is 4.79 Å². The molecule has 3 aromatic rings. The summed E-state index contributed by atoms with van der Waals surface area (Å²) < 4.78 is 5.85.